The maximum absolute atomic E-state index is 12.6. The first-order valence-electron chi connectivity index (χ1n) is 9.90. The molecule has 0 aliphatic carbocycles. The fraction of sp³-hybridized carbons (Fsp3) is 0.167. The van der Waals surface area contributed by atoms with Crippen molar-refractivity contribution in [1.29, 1.82) is 0 Å². The van der Waals surface area contributed by atoms with Crippen molar-refractivity contribution in [2.75, 3.05) is 20.1 Å². The largest absolute Gasteiger partial charge is 0.459 e. The molecule has 0 radical (unpaired) electrons. The Morgan fingerprint density at radius 2 is 1.84 bits per heavy atom. The number of rotatable bonds is 7. The number of aromatic amines is 1. The number of nitrogens with one attached hydrogen (secondary N) is 2. The van der Waals surface area contributed by atoms with Crippen LogP contribution in [0.2, 0.25) is 5.02 Å². The monoisotopic (exact) mass is 435 g/mol. The topological polar surface area (TPSA) is 78.3 Å². The van der Waals surface area contributed by atoms with Gasteiger partial charge in [0.05, 0.1) is 12.8 Å². The highest BCUT2D eigenvalue weighted by Crippen LogP contribution is 2.34. The Bertz CT molecular complexity index is 1200. The first-order valence-corrected chi connectivity index (χ1v) is 10.3. The molecule has 158 valence electrons. The maximum atomic E-state index is 12.6. The number of nitrogens with zero attached hydrogens (tertiary/aromatic N) is 1. The highest BCUT2D eigenvalue weighted by molar-refractivity contribution is 6.31. The first-order chi connectivity index (χ1) is 15.0. The third kappa shape index (κ3) is 4.49. The van der Waals surface area contributed by atoms with Gasteiger partial charge in [-0.1, -0.05) is 48.0 Å². The Labute approximate surface area is 184 Å². The van der Waals surface area contributed by atoms with Gasteiger partial charge in [0.2, 0.25) is 5.91 Å². The van der Waals surface area contributed by atoms with Crippen molar-refractivity contribution in [3.8, 4) is 0 Å². The van der Waals surface area contributed by atoms with E-state index in [0.29, 0.717) is 11.6 Å². The van der Waals surface area contributed by atoms with E-state index in [1.807, 2.05) is 54.7 Å². The fourth-order valence-electron chi connectivity index (χ4n) is 3.67. The molecule has 6 nitrogen and oxygen atoms in total. The smallest absolute Gasteiger partial charge is 0.289 e. The Kier molecular flexibility index (Phi) is 6.09. The third-order valence-electron chi connectivity index (χ3n) is 5.24. The summed E-state index contributed by atoms with van der Waals surface area (Å²) in [5, 5.41) is 4.67. The molecule has 0 aliphatic heterocycles. The van der Waals surface area contributed by atoms with Crippen LogP contribution in [-0.4, -0.2) is 41.8 Å². The lowest BCUT2D eigenvalue weighted by Crippen LogP contribution is -2.39. The van der Waals surface area contributed by atoms with Gasteiger partial charge in [0.15, 0.2) is 5.76 Å². The Balaban J connectivity index is 1.52. The number of halogens is 1. The molecule has 0 saturated carbocycles. The minimum atomic E-state index is -0.348. The van der Waals surface area contributed by atoms with Crippen LogP contribution in [0.5, 0.6) is 0 Å². The Morgan fingerprint density at radius 3 is 2.61 bits per heavy atom. The van der Waals surface area contributed by atoms with E-state index in [-0.39, 0.29) is 30.0 Å². The summed E-state index contributed by atoms with van der Waals surface area (Å²) in [4.78, 5) is 29.5. The fourth-order valence-corrected chi connectivity index (χ4v) is 3.94. The lowest BCUT2D eigenvalue weighted by molar-refractivity contribution is -0.121. The molecule has 4 aromatic rings. The van der Waals surface area contributed by atoms with Crippen molar-refractivity contribution in [2.45, 2.75) is 5.92 Å². The maximum Gasteiger partial charge on any atom is 0.289 e. The van der Waals surface area contributed by atoms with Crippen LogP contribution in [0.4, 0.5) is 0 Å². The van der Waals surface area contributed by atoms with Gasteiger partial charge in [-0.2, -0.15) is 0 Å². The van der Waals surface area contributed by atoms with E-state index >= 15 is 0 Å². The number of hydrogen-bond acceptors (Lipinski definition) is 3. The Hall–Kier alpha value is -3.51. The average molecular weight is 436 g/mol. The van der Waals surface area contributed by atoms with Gasteiger partial charge in [0, 0.05) is 41.6 Å². The van der Waals surface area contributed by atoms with Gasteiger partial charge in [-0.05, 0) is 35.4 Å². The summed E-state index contributed by atoms with van der Waals surface area (Å²) < 4.78 is 5.12. The van der Waals surface area contributed by atoms with Crippen LogP contribution in [0, 0.1) is 0 Å². The molecule has 0 spiro atoms. The number of carbonyl (C=O) groups excluding carboxylic acids is 2. The van der Waals surface area contributed by atoms with E-state index < -0.39 is 0 Å². The van der Waals surface area contributed by atoms with Gasteiger partial charge in [-0.3, -0.25) is 9.59 Å². The molecule has 0 fully saturated rings. The van der Waals surface area contributed by atoms with Crippen molar-refractivity contribution in [1.82, 2.24) is 15.2 Å². The van der Waals surface area contributed by atoms with Gasteiger partial charge in [0.25, 0.3) is 5.91 Å². The zero-order valence-electron chi connectivity index (χ0n) is 17.0. The van der Waals surface area contributed by atoms with Crippen molar-refractivity contribution in [2.24, 2.45) is 0 Å². The first kappa shape index (κ1) is 20.8. The number of aromatic nitrogens is 1. The molecule has 4 rings (SSSR count). The van der Waals surface area contributed by atoms with Gasteiger partial charge in [-0.25, -0.2) is 0 Å². The van der Waals surface area contributed by atoms with Crippen molar-refractivity contribution < 1.29 is 14.0 Å². The average Bonchev–Trinajstić information content (AvgIpc) is 3.45. The third-order valence-corrected chi connectivity index (χ3v) is 5.58. The van der Waals surface area contributed by atoms with Crippen LogP contribution in [0.1, 0.15) is 27.6 Å². The number of carbonyl (C=O) groups is 2. The molecule has 2 N–H and O–H groups in total. The predicted molar refractivity (Wildman–Crippen MR) is 120 cm³/mol. The molecule has 0 aliphatic rings. The van der Waals surface area contributed by atoms with Gasteiger partial charge < -0.3 is 19.6 Å². The van der Waals surface area contributed by atoms with E-state index in [4.69, 9.17) is 16.0 Å². The van der Waals surface area contributed by atoms with Crippen LogP contribution in [-0.2, 0) is 4.79 Å². The van der Waals surface area contributed by atoms with Crippen molar-refractivity contribution in [3.63, 3.8) is 0 Å². The molecule has 2 amide bonds. The number of hydrogen-bond donors (Lipinski definition) is 2. The van der Waals surface area contributed by atoms with Crippen LogP contribution in [0.15, 0.2) is 77.5 Å². The van der Waals surface area contributed by atoms with Crippen molar-refractivity contribution >= 4 is 34.3 Å². The molecule has 0 saturated heterocycles. The molecular formula is C24H22ClN3O3. The number of fused-ring (bicyclic) bond motifs is 1. The summed E-state index contributed by atoms with van der Waals surface area (Å²) in [6.07, 6.45) is 3.38. The second-order valence-corrected chi connectivity index (χ2v) is 7.71. The summed E-state index contributed by atoms with van der Waals surface area (Å²) >= 11 is 6.50. The van der Waals surface area contributed by atoms with Crippen LogP contribution >= 0.6 is 11.6 Å². The second-order valence-electron chi connectivity index (χ2n) is 7.31. The van der Waals surface area contributed by atoms with Crippen LogP contribution in [0.25, 0.3) is 10.9 Å². The number of likely N-dealkylation sites (N-methyl/N-ethyl adjacent to an activating group) is 1. The van der Waals surface area contributed by atoms with Gasteiger partial charge >= 0.3 is 0 Å². The molecule has 7 heteroatoms. The van der Waals surface area contributed by atoms with E-state index in [9.17, 15) is 9.59 Å². The quantitative estimate of drug-likeness (QED) is 0.450. The van der Waals surface area contributed by atoms with E-state index in [2.05, 4.69) is 10.3 Å². The number of benzene rings is 2. The predicted octanol–water partition coefficient (Wildman–Crippen LogP) is 4.43. The zero-order valence-corrected chi connectivity index (χ0v) is 17.7. The summed E-state index contributed by atoms with van der Waals surface area (Å²) in [6, 6.07) is 18.8. The van der Waals surface area contributed by atoms with Gasteiger partial charge in [-0.15, -0.1) is 0 Å². The molecule has 1 atom stereocenters. The molecule has 2 heterocycles. The van der Waals surface area contributed by atoms with E-state index in [1.165, 1.54) is 11.2 Å². The molecule has 2 aromatic heterocycles. The molecule has 31 heavy (non-hydrogen) atoms. The minimum Gasteiger partial charge on any atom is -0.459 e. The standard InChI is InChI=1S/C24H22ClN3O3/c1-28(24(30)22-11-6-12-31-22)15-23(29)27-14-18(16-7-2-4-9-20(16)25)19-13-26-21-10-5-3-8-17(19)21/h2-13,18,26H,14-15H2,1H3,(H,27,29). The lowest BCUT2D eigenvalue weighted by Gasteiger charge is -2.21. The Morgan fingerprint density at radius 1 is 1.06 bits per heavy atom. The normalized spacial score (nSPS) is 11.9. The summed E-state index contributed by atoms with van der Waals surface area (Å²) in [5.41, 5.74) is 2.99. The summed E-state index contributed by atoms with van der Waals surface area (Å²) in [6.45, 7) is 0.260. The number of furan rings is 1. The number of para-hydroxylation sites is 1. The highest BCUT2D eigenvalue weighted by Gasteiger charge is 2.22. The lowest BCUT2D eigenvalue weighted by atomic mass is 9.90. The highest BCUT2D eigenvalue weighted by atomic mass is 35.5. The number of amides is 2. The van der Waals surface area contributed by atoms with E-state index in [0.717, 1.165) is 22.0 Å². The van der Waals surface area contributed by atoms with Crippen molar-refractivity contribution in [3.05, 3.63) is 95.0 Å². The molecule has 0 bridgehead atoms. The SMILES string of the molecule is CN(CC(=O)NCC(c1ccccc1Cl)c1c[nH]c2ccccc12)C(=O)c1ccco1. The molecule has 2 aromatic carbocycles. The zero-order chi connectivity index (χ0) is 21.8. The second kappa shape index (κ2) is 9.10. The van der Waals surface area contributed by atoms with Crippen LogP contribution in [0.3, 0.4) is 0 Å². The van der Waals surface area contributed by atoms with Gasteiger partial charge in [0.1, 0.15) is 0 Å². The summed E-state index contributed by atoms with van der Waals surface area (Å²) in [7, 11) is 1.57. The number of H-pyrrole nitrogens is 1. The molecule has 1 unspecified atom stereocenters. The summed E-state index contributed by atoms with van der Waals surface area (Å²) in [5.74, 6) is -0.568. The minimum absolute atomic E-state index is 0.0807. The van der Waals surface area contributed by atoms with Crippen LogP contribution < -0.4 is 5.32 Å². The van der Waals surface area contributed by atoms with E-state index in [1.54, 1.807) is 19.2 Å². The molecular weight excluding hydrogens is 414 g/mol.